The zero-order valence-corrected chi connectivity index (χ0v) is 20.6. The predicted molar refractivity (Wildman–Crippen MR) is 132 cm³/mol. The second-order valence-electron chi connectivity index (χ2n) is 7.66. The highest BCUT2D eigenvalue weighted by Crippen LogP contribution is 2.24. The van der Waals surface area contributed by atoms with Crippen molar-refractivity contribution in [3.8, 4) is 17.2 Å². The number of hydrogen-bond acceptors (Lipinski definition) is 7. The van der Waals surface area contributed by atoms with E-state index < -0.39 is 6.36 Å². The minimum Gasteiger partial charge on any atom is -0.429 e. The molecule has 0 atom stereocenters. The molecule has 0 saturated heterocycles. The van der Waals surface area contributed by atoms with Gasteiger partial charge in [-0.15, -0.1) is 13.2 Å². The highest BCUT2D eigenvalue weighted by molar-refractivity contribution is 6.33. The first-order chi connectivity index (χ1) is 17.6. The summed E-state index contributed by atoms with van der Waals surface area (Å²) in [4.78, 5) is 17.9. The van der Waals surface area contributed by atoms with Gasteiger partial charge in [-0.05, 0) is 62.2 Å². The van der Waals surface area contributed by atoms with Crippen LogP contribution in [0.15, 0.2) is 67.3 Å². The Kier molecular flexibility index (Phi) is 9.45. The lowest BCUT2D eigenvalue weighted by atomic mass is 10.2. The Labute approximate surface area is 216 Å². The first-order valence-corrected chi connectivity index (χ1v) is 11.3. The number of carbonyl (C=O) groups is 1. The Morgan fingerprint density at radius 3 is 2.35 bits per heavy atom. The van der Waals surface area contributed by atoms with Crippen LogP contribution in [0.5, 0.6) is 11.5 Å². The standard InChI is InChI=1S/C17H15ClF3N5O.C8H8O2/c1-11-15(18)16(24-10-23-11)22-7-6-12-8-25-26(9-12)13-2-4-14(5-3-13)27-17(19,20)21;1-7-2-4-8(5-3-7)10-6-9/h2-5,8-10H,6-7H2,1H3,(H,22,23,24);2-6H,1H3. The van der Waals surface area contributed by atoms with Gasteiger partial charge < -0.3 is 14.8 Å². The summed E-state index contributed by atoms with van der Waals surface area (Å²) in [6.45, 7) is 4.78. The van der Waals surface area contributed by atoms with E-state index in [2.05, 4.69) is 29.9 Å². The van der Waals surface area contributed by atoms with Gasteiger partial charge >= 0.3 is 6.36 Å². The van der Waals surface area contributed by atoms with Crippen molar-refractivity contribution in [1.29, 1.82) is 0 Å². The summed E-state index contributed by atoms with van der Waals surface area (Å²) in [7, 11) is 0. The van der Waals surface area contributed by atoms with Crippen LogP contribution >= 0.6 is 11.6 Å². The summed E-state index contributed by atoms with van der Waals surface area (Å²) in [5.41, 5.74) is 3.41. The average molecular weight is 534 g/mol. The van der Waals surface area contributed by atoms with Gasteiger partial charge in [0.05, 0.1) is 17.6 Å². The van der Waals surface area contributed by atoms with Crippen LogP contribution in [0.3, 0.4) is 0 Å². The molecule has 0 unspecified atom stereocenters. The lowest BCUT2D eigenvalue weighted by Crippen LogP contribution is -2.17. The van der Waals surface area contributed by atoms with Gasteiger partial charge in [-0.25, -0.2) is 14.6 Å². The Hall–Kier alpha value is -4.12. The Balaban J connectivity index is 0.000000319. The van der Waals surface area contributed by atoms with Crippen molar-refractivity contribution in [2.45, 2.75) is 26.6 Å². The Bertz CT molecular complexity index is 1300. The van der Waals surface area contributed by atoms with Gasteiger partial charge in [-0.3, -0.25) is 4.79 Å². The number of carbonyl (C=O) groups excluding carboxylic acids is 1. The number of aryl methyl sites for hydroxylation is 2. The summed E-state index contributed by atoms with van der Waals surface area (Å²) in [5.74, 6) is 0.872. The van der Waals surface area contributed by atoms with E-state index in [1.54, 1.807) is 36.1 Å². The van der Waals surface area contributed by atoms with Crippen LogP contribution in [-0.4, -0.2) is 39.1 Å². The van der Waals surface area contributed by atoms with Crippen molar-refractivity contribution < 1.29 is 27.4 Å². The second kappa shape index (κ2) is 12.7. The monoisotopic (exact) mass is 533 g/mol. The molecule has 194 valence electrons. The first-order valence-electron chi connectivity index (χ1n) is 10.9. The van der Waals surface area contributed by atoms with Gasteiger partial charge in [0.15, 0.2) is 0 Å². The minimum absolute atomic E-state index is 0.278. The van der Waals surface area contributed by atoms with E-state index in [0.717, 1.165) is 11.1 Å². The van der Waals surface area contributed by atoms with Crippen LogP contribution in [0.1, 0.15) is 16.8 Å². The van der Waals surface area contributed by atoms with Crippen LogP contribution in [0.4, 0.5) is 19.0 Å². The van der Waals surface area contributed by atoms with Crippen molar-refractivity contribution in [3.05, 3.63) is 89.1 Å². The smallest absolute Gasteiger partial charge is 0.429 e. The van der Waals surface area contributed by atoms with E-state index in [1.165, 1.54) is 30.6 Å². The normalized spacial score (nSPS) is 10.8. The summed E-state index contributed by atoms with van der Waals surface area (Å²) in [6.07, 6.45) is 0.879. The predicted octanol–water partition coefficient (Wildman–Crippen LogP) is 5.71. The maximum Gasteiger partial charge on any atom is 0.573 e. The molecule has 0 saturated carbocycles. The molecule has 37 heavy (non-hydrogen) atoms. The lowest BCUT2D eigenvalue weighted by molar-refractivity contribution is -0.274. The van der Waals surface area contributed by atoms with Gasteiger partial charge in [-0.2, -0.15) is 5.10 Å². The Morgan fingerprint density at radius 2 is 1.70 bits per heavy atom. The molecule has 2 aromatic carbocycles. The first kappa shape index (κ1) is 27.5. The maximum atomic E-state index is 12.2. The molecule has 1 N–H and O–H groups in total. The summed E-state index contributed by atoms with van der Waals surface area (Å²) in [5, 5.41) is 7.84. The number of ether oxygens (including phenoxy) is 2. The number of anilines is 1. The van der Waals surface area contributed by atoms with Crippen LogP contribution in [0.25, 0.3) is 5.69 Å². The van der Waals surface area contributed by atoms with Crippen LogP contribution in [0.2, 0.25) is 5.02 Å². The number of alkyl halides is 3. The lowest BCUT2D eigenvalue weighted by Gasteiger charge is -2.09. The van der Waals surface area contributed by atoms with Crippen molar-refractivity contribution in [2.75, 3.05) is 11.9 Å². The fourth-order valence-corrected chi connectivity index (χ4v) is 3.17. The van der Waals surface area contributed by atoms with Crippen molar-refractivity contribution in [3.63, 3.8) is 0 Å². The summed E-state index contributed by atoms with van der Waals surface area (Å²) < 4.78 is 46.6. The van der Waals surface area contributed by atoms with E-state index in [-0.39, 0.29) is 5.75 Å². The molecular formula is C25H23ClF3N5O3. The molecule has 12 heteroatoms. The second-order valence-corrected chi connectivity index (χ2v) is 8.04. The third kappa shape index (κ3) is 8.80. The molecule has 4 rings (SSSR count). The number of rotatable bonds is 8. The zero-order valence-electron chi connectivity index (χ0n) is 19.9. The molecule has 2 heterocycles. The van der Waals surface area contributed by atoms with E-state index in [4.69, 9.17) is 11.6 Å². The topological polar surface area (TPSA) is 91.2 Å². The molecule has 4 aromatic rings. The third-order valence-corrected chi connectivity index (χ3v) is 5.30. The van der Waals surface area contributed by atoms with Crippen molar-refractivity contribution >= 4 is 23.9 Å². The van der Waals surface area contributed by atoms with Crippen LogP contribution in [-0.2, 0) is 11.2 Å². The molecule has 2 aromatic heterocycles. The minimum atomic E-state index is -4.71. The maximum absolute atomic E-state index is 12.2. The number of benzene rings is 2. The largest absolute Gasteiger partial charge is 0.573 e. The molecule has 0 spiro atoms. The molecule has 0 aliphatic carbocycles. The quantitative estimate of drug-likeness (QED) is 0.290. The zero-order chi connectivity index (χ0) is 26.8. The van der Waals surface area contributed by atoms with Crippen LogP contribution < -0.4 is 14.8 Å². The van der Waals surface area contributed by atoms with Gasteiger partial charge in [0, 0.05) is 12.7 Å². The van der Waals surface area contributed by atoms with Crippen molar-refractivity contribution in [1.82, 2.24) is 19.7 Å². The molecule has 0 aliphatic heterocycles. The SMILES string of the molecule is Cc1ccc(OC=O)cc1.Cc1ncnc(NCCc2cnn(-c3ccc(OC(F)(F)F)cc3)c2)c1Cl. The van der Waals surface area contributed by atoms with E-state index >= 15 is 0 Å². The van der Waals surface area contributed by atoms with E-state index in [9.17, 15) is 18.0 Å². The van der Waals surface area contributed by atoms with Crippen LogP contribution in [0, 0.1) is 13.8 Å². The fourth-order valence-electron chi connectivity index (χ4n) is 3.01. The average Bonchev–Trinajstić information content (AvgIpc) is 3.32. The van der Waals surface area contributed by atoms with E-state index in [0.29, 0.717) is 47.4 Å². The highest BCUT2D eigenvalue weighted by Gasteiger charge is 2.30. The number of nitrogens with zero attached hydrogens (tertiary/aromatic N) is 4. The van der Waals surface area contributed by atoms with Gasteiger partial charge in [0.25, 0.3) is 6.47 Å². The third-order valence-electron chi connectivity index (χ3n) is 4.85. The highest BCUT2D eigenvalue weighted by atomic mass is 35.5. The molecule has 0 amide bonds. The Morgan fingerprint density at radius 1 is 1.03 bits per heavy atom. The van der Waals surface area contributed by atoms with E-state index in [1.807, 2.05) is 19.1 Å². The van der Waals surface area contributed by atoms with Gasteiger partial charge in [0.1, 0.15) is 28.7 Å². The fraction of sp³-hybridized carbons (Fsp3) is 0.200. The number of nitrogens with one attached hydrogen (secondary N) is 1. The molecule has 0 radical (unpaired) electrons. The van der Waals surface area contributed by atoms with Gasteiger partial charge in [0.2, 0.25) is 0 Å². The summed E-state index contributed by atoms with van der Waals surface area (Å²) in [6, 6.07) is 12.8. The molecule has 0 aliphatic rings. The van der Waals surface area contributed by atoms with Gasteiger partial charge in [-0.1, -0.05) is 29.3 Å². The molecular weight excluding hydrogens is 511 g/mol. The number of halogens is 4. The molecule has 0 bridgehead atoms. The summed E-state index contributed by atoms with van der Waals surface area (Å²) >= 11 is 6.13. The van der Waals surface area contributed by atoms with Crippen molar-refractivity contribution in [2.24, 2.45) is 0 Å². The number of aromatic nitrogens is 4. The molecule has 8 nitrogen and oxygen atoms in total. The number of hydrogen-bond donors (Lipinski definition) is 1. The molecule has 0 fully saturated rings.